The van der Waals surface area contributed by atoms with Gasteiger partial charge in [-0.3, -0.25) is 4.79 Å². The first-order valence-corrected chi connectivity index (χ1v) is 12.0. The number of anilines is 2. The lowest BCUT2D eigenvalue weighted by atomic mass is 9.78. The van der Waals surface area contributed by atoms with Crippen LogP contribution >= 0.6 is 0 Å². The van der Waals surface area contributed by atoms with Gasteiger partial charge >= 0.3 is 0 Å². The molecule has 0 bridgehead atoms. The van der Waals surface area contributed by atoms with Gasteiger partial charge in [0.05, 0.1) is 22.8 Å². The number of hydrogen-bond acceptors (Lipinski definition) is 6. The zero-order valence-corrected chi connectivity index (χ0v) is 21.2. The third kappa shape index (κ3) is 4.66. The van der Waals surface area contributed by atoms with Crippen molar-refractivity contribution in [3.05, 3.63) is 52.6 Å². The highest BCUT2D eigenvalue weighted by Gasteiger charge is 2.43. The van der Waals surface area contributed by atoms with Crippen molar-refractivity contribution in [2.75, 3.05) is 37.5 Å². The lowest BCUT2D eigenvalue weighted by Gasteiger charge is -2.47. The van der Waals surface area contributed by atoms with Crippen molar-refractivity contribution >= 4 is 23.6 Å². The second kappa shape index (κ2) is 10.1. The van der Waals surface area contributed by atoms with Gasteiger partial charge in [-0.2, -0.15) is 0 Å². The Morgan fingerprint density at radius 1 is 1.28 bits per heavy atom. The summed E-state index contributed by atoms with van der Waals surface area (Å²) in [5.41, 5.74) is 0.699. The number of methoxy groups -OCH3 is 1. The summed E-state index contributed by atoms with van der Waals surface area (Å²) in [5.74, 6) is 0.294. The van der Waals surface area contributed by atoms with Crippen molar-refractivity contribution in [1.29, 1.82) is 0 Å². The number of nitrogens with one attached hydrogen (secondary N) is 1. The van der Waals surface area contributed by atoms with Gasteiger partial charge in [0, 0.05) is 52.2 Å². The molecule has 1 N–H and O–H groups in total. The number of likely N-dealkylation sites (tertiary alicyclic amines) is 1. The first-order chi connectivity index (χ1) is 17.1. The zero-order valence-electron chi connectivity index (χ0n) is 21.2. The van der Waals surface area contributed by atoms with E-state index in [0.717, 1.165) is 17.2 Å². The van der Waals surface area contributed by atoms with Crippen molar-refractivity contribution < 1.29 is 22.7 Å². The van der Waals surface area contributed by atoms with Crippen LogP contribution < -0.4 is 10.2 Å². The van der Waals surface area contributed by atoms with Crippen LogP contribution in [0, 0.1) is 5.82 Å². The molecule has 0 spiro atoms. The summed E-state index contributed by atoms with van der Waals surface area (Å²) >= 11 is 0. The number of aromatic nitrogens is 2. The van der Waals surface area contributed by atoms with Gasteiger partial charge in [-0.05, 0) is 31.9 Å². The van der Waals surface area contributed by atoms with E-state index < -0.39 is 29.4 Å². The van der Waals surface area contributed by atoms with Gasteiger partial charge in [0.1, 0.15) is 23.8 Å². The van der Waals surface area contributed by atoms with Gasteiger partial charge in [0.2, 0.25) is 5.91 Å². The van der Waals surface area contributed by atoms with E-state index in [0.29, 0.717) is 37.6 Å². The molecule has 3 heterocycles. The summed E-state index contributed by atoms with van der Waals surface area (Å²) in [6, 6.07) is 3.40. The average molecular weight is 504 g/mol. The largest absolute Gasteiger partial charge is 0.374 e. The number of alkyl halides is 2. The van der Waals surface area contributed by atoms with E-state index in [1.54, 1.807) is 21.0 Å². The lowest BCUT2D eigenvalue weighted by Crippen LogP contribution is -2.54. The molecule has 1 aromatic carbocycles. The molecular weight excluding hydrogens is 471 g/mol. The van der Waals surface area contributed by atoms with E-state index in [1.165, 1.54) is 18.5 Å². The minimum absolute atomic E-state index is 0.0125. The van der Waals surface area contributed by atoms with Crippen LogP contribution in [0.4, 0.5) is 24.8 Å². The molecule has 0 radical (unpaired) electrons. The number of hydrogen-bond donors (Lipinski definition) is 1. The molecule has 0 saturated carbocycles. The van der Waals surface area contributed by atoms with Crippen molar-refractivity contribution in [2.24, 2.45) is 0 Å². The van der Waals surface area contributed by atoms with E-state index in [2.05, 4.69) is 15.3 Å². The molecule has 2 aliphatic rings. The third-order valence-corrected chi connectivity index (χ3v) is 7.36. The van der Waals surface area contributed by atoms with Crippen LogP contribution in [0.3, 0.4) is 0 Å². The number of halogens is 3. The average Bonchev–Trinajstić information content (AvgIpc) is 2.83. The van der Waals surface area contributed by atoms with Gasteiger partial charge < -0.3 is 19.9 Å². The SMILES string of the molecule is CO[C@]1(C2=Cc3c(N[C@H](C)c4cccc(C(F)F)c4F)ncnc3N(C)C2)CCN(C(C)=O)[C@H](C)C1. The number of likely N-dealkylation sites (N-methyl/N-ethyl adjacent to an activating group) is 1. The van der Waals surface area contributed by atoms with Crippen molar-refractivity contribution in [3.8, 4) is 0 Å². The minimum atomic E-state index is -2.90. The minimum Gasteiger partial charge on any atom is -0.374 e. The Hall–Kier alpha value is -3.14. The molecular formula is C26H32F3N5O2. The zero-order chi connectivity index (χ0) is 26.2. The number of ether oxygens (including phenoxy) is 1. The third-order valence-electron chi connectivity index (χ3n) is 7.36. The fraction of sp³-hybridized carbons (Fsp3) is 0.500. The van der Waals surface area contributed by atoms with E-state index in [-0.39, 0.29) is 17.5 Å². The summed E-state index contributed by atoms with van der Waals surface area (Å²) in [6.07, 6.45) is 1.84. The molecule has 1 aromatic heterocycles. The Kier molecular flexibility index (Phi) is 7.26. The Bertz CT molecular complexity index is 1170. The number of nitrogens with zero attached hydrogens (tertiary/aromatic N) is 4. The fourth-order valence-electron chi connectivity index (χ4n) is 5.41. The number of rotatable bonds is 6. The first-order valence-electron chi connectivity index (χ1n) is 12.0. The molecule has 0 unspecified atom stereocenters. The first kappa shape index (κ1) is 25.9. The Morgan fingerprint density at radius 2 is 2.00 bits per heavy atom. The van der Waals surface area contributed by atoms with Gasteiger partial charge in [0.15, 0.2) is 0 Å². The van der Waals surface area contributed by atoms with Crippen molar-refractivity contribution in [2.45, 2.75) is 57.7 Å². The van der Waals surface area contributed by atoms with Gasteiger partial charge in [-0.25, -0.2) is 23.1 Å². The predicted molar refractivity (Wildman–Crippen MR) is 132 cm³/mol. The van der Waals surface area contributed by atoms with Crippen LogP contribution in [0.1, 0.15) is 62.8 Å². The maximum atomic E-state index is 14.8. The van der Waals surface area contributed by atoms with Gasteiger partial charge in [-0.1, -0.05) is 18.2 Å². The number of benzene rings is 1. The van der Waals surface area contributed by atoms with Crippen LogP contribution in [-0.4, -0.2) is 59.7 Å². The molecule has 0 aliphatic carbocycles. The van der Waals surface area contributed by atoms with Crippen LogP contribution in [0.2, 0.25) is 0 Å². The molecule has 2 aromatic rings. The molecule has 194 valence electrons. The molecule has 36 heavy (non-hydrogen) atoms. The summed E-state index contributed by atoms with van der Waals surface area (Å²) in [6.45, 7) is 6.48. The fourth-order valence-corrected chi connectivity index (χ4v) is 5.41. The normalized spacial score (nSPS) is 22.8. The molecule has 4 rings (SSSR count). The highest BCUT2D eigenvalue weighted by atomic mass is 19.3. The van der Waals surface area contributed by atoms with E-state index in [4.69, 9.17) is 4.74 Å². The quantitative estimate of drug-likeness (QED) is 0.600. The number of carbonyl (C=O) groups excluding carboxylic acids is 1. The molecule has 10 heteroatoms. The van der Waals surface area contributed by atoms with Crippen LogP contribution in [-0.2, 0) is 9.53 Å². The van der Waals surface area contributed by atoms with Crippen LogP contribution in [0.25, 0.3) is 6.08 Å². The highest BCUT2D eigenvalue weighted by molar-refractivity contribution is 5.79. The molecule has 1 saturated heterocycles. The monoisotopic (exact) mass is 503 g/mol. The Morgan fingerprint density at radius 3 is 2.64 bits per heavy atom. The topological polar surface area (TPSA) is 70.6 Å². The number of carbonyl (C=O) groups is 1. The van der Waals surface area contributed by atoms with Crippen molar-refractivity contribution in [1.82, 2.24) is 14.9 Å². The lowest BCUT2D eigenvalue weighted by molar-refractivity contribution is -0.136. The van der Waals surface area contributed by atoms with Gasteiger partial charge in [0.25, 0.3) is 6.43 Å². The maximum absolute atomic E-state index is 14.8. The smallest absolute Gasteiger partial charge is 0.266 e. The number of piperidine rings is 1. The number of fused-ring (bicyclic) bond motifs is 1. The second-order valence-electron chi connectivity index (χ2n) is 9.62. The van der Waals surface area contributed by atoms with Crippen LogP contribution in [0.15, 0.2) is 30.1 Å². The molecule has 1 amide bonds. The summed E-state index contributed by atoms with van der Waals surface area (Å²) in [4.78, 5) is 24.7. The number of amides is 1. The molecule has 2 aliphatic heterocycles. The maximum Gasteiger partial charge on any atom is 0.266 e. The predicted octanol–water partition coefficient (Wildman–Crippen LogP) is 4.98. The van der Waals surface area contributed by atoms with E-state index >= 15 is 0 Å². The molecule has 7 nitrogen and oxygen atoms in total. The van der Waals surface area contributed by atoms with Gasteiger partial charge in [-0.15, -0.1) is 0 Å². The standard InChI is InChI=1S/C26H32F3N5O2/c1-15-12-26(36-5,9-10-34(15)17(3)35)18-11-21-24(30-14-31-25(21)33(4)13-18)32-16(2)19-7-6-8-20(22(19)27)23(28)29/h6-8,11,14-16,23H,9-10,12-13H2,1-5H3,(H,30,31,32)/t15-,16-,26-/m1/s1. The summed E-state index contributed by atoms with van der Waals surface area (Å²) < 4.78 is 47.3. The van der Waals surface area contributed by atoms with E-state index in [1.807, 2.05) is 29.8 Å². The van der Waals surface area contributed by atoms with E-state index in [9.17, 15) is 18.0 Å². The summed E-state index contributed by atoms with van der Waals surface area (Å²) in [7, 11) is 3.61. The Balaban J connectivity index is 1.69. The highest BCUT2D eigenvalue weighted by Crippen LogP contribution is 2.42. The molecule has 1 fully saturated rings. The molecule has 3 atom stereocenters. The van der Waals surface area contributed by atoms with Crippen LogP contribution in [0.5, 0.6) is 0 Å². The summed E-state index contributed by atoms with van der Waals surface area (Å²) in [5, 5.41) is 3.20. The second-order valence-corrected chi connectivity index (χ2v) is 9.62. The van der Waals surface area contributed by atoms with Crippen molar-refractivity contribution in [3.63, 3.8) is 0 Å². The Labute approximate surface area is 209 Å².